The third kappa shape index (κ3) is 3.81. The van der Waals surface area contributed by atoms with E-state index >= 15 is 0 Å². The number of benzene rings is 4. The van der Waals surface area contributed by atoms with Gasteiger partial charge in [0.05, 0.1) is 19.7 Å². The van der Waals surface area contributed by atoms with Crippen LogP contribution in [0.1, 0.15) is 5.56 Å². The van der Waals surface area contributed by atoms with E-state index in [1.165, 1.54) is 27.0 Å². The summed E-state index contributed by atoms with van der Waals surface area (Å²) in [7, 11) is 4.29. The van der Waals surface area contributed by atoms with Crippen LogP contribution in [0, 0.1) is 11.7 Å². The molecule has 0 aliphatic heterocycles. The summed E-state index contributed by atoms with van der Waals surface area (Å²) in [6.45, 7) is 0. The Balaban J connectivity index is 2.03. The fraction of sp³-hybridized carbons (Fsp3) is 0.0714. The lowest BCUT2D eigenvalue weighted by molar-refractivity contribution is -0.786. The zero-order valence-electron chi connectivity index (χ0n) is 17.5. The quantitative estimate of drug-likeness (QED) is 0.406. The average molecular weight is 387 g/mol. The van der Waals surface area contributed by atoms with Gasteiger partial charge < -0.3 is 4.90 Å². The van der Waals surface area contributed by atoms with Crippen LogP contribution in [0.4, 0.5) is 5.69 Å². The van der Waals surface area contributed by atoms with Crippen molar-refractivity contribution >= 4 is 28.2 Å². The lowest BCUT2D eigenvalue weighted by atomic mass is 9.16. The molecule has 0 radical (unpaired) electrons. The standard InChI is InChI=1S/C28H25BN/c1-30(2)28-21-13-12-14-24(28)22-23-29(25-15-6-3-7-16-25,26-17-8-4-9-18-26)27-19-10-5-11-20-27/h3-21H,1-2H3/q-1/p+1. The molecule has 4 rings (SSSR count). The Morgan fingerprint density at radius 2 is 0.933 bits per heavy atom. The molecule has 0 aliphatic rings. The van der Waals surface area contributed by atoms with E-state index in [0.29, 0.717) is 0 Å². The van der Waals surface area contributed by atoms with Gasteiger partial charge in [-0.05, 0) is 6.07 Å². The molecule has 0 bridgehead atoms. The van der Waals surface area contributed by atoms with Gasteiger partial charge in [0.1, 0.15) is 11.8 Å². The van der Waals surface area contributed by atoms with Gasteiger partial charge in [-0.15, -0.1) is 5.92 Å². The van der Waals surface area contributed by atoms with Gasteiger partial charge in [0, 0.05) is 6.07 Å². The molecule has 2 heteroatoms. The van der Waals surface area contributed by atoms with Gasteiger partial charge in [-0.25, -0.2) is 0 Å². The van der Waals surface area contributed by atoms with Crippen molar-refractivity contribution in [2.75, 3.05) is 14.1 Å². The van der Waals surface area contributed by atoms with Crippen LogP contribution >= 0.6 is 0 Å². The zero-order valence-corrected chi connectivity index (χ0v) is 17.5. The average Bonchev–Trinajstić information content (AvgIpc) is 2.82. The predicted octanol–water partition coefficient (Wildman–Crippen LogP) is 2.52. The molecule has 0 saturated carbocycles. The predicted molar refractivity (Wildman–Crippen MR) is 130 cm³/mol. The SMILES string of the molecule is C[NH+](C)c1ccccc1C#C[B-](c1ccccc1)(c1ccccc1)c1ccccc1. The van der Waals surface area contributed by atoms with Crippen molar-refractivity contribution in [1.82, 2.24) is 0 Å². The van der Waals surface area contributed by atoms with Crippen LogP contribution in [0.25, 0.3) is 0 Å². The van der Waals surface area contributed by atoms with Gasteiger partial charge in [0.2, 0.25) is 0 Å². The van der Waals surface area contributed by atoms with Crippen molar-refractivity contribution in [3.05, 3.63) is 121 Å². The van der Waals surface area contributed by atoms with Crippen molar-refractivity contribution in [3.8, 4) is 11.7 Å². The molecule has 0 fully saturated rings. The highest BCUT2D eigenvalue weighted by atomic mass is 15.1. The topological polar surface area (TPSA) is 4.44 Å². The fourth-order valence-corrected chi connectivity index (χ4v) is 4.27. The normalized spacial score (nSPS) is 11.0. The van der Waals surface area contributed by atoms with Crippen molar-refractivity contribution in [1.29, 1.82) is 0 Å². The summed E-state index contributed by atoms with van der Waals surface area (Å²) < 4.78 is 0. The summed E-state index contributed by atoms with van der Waals surface area (Å²) in [4.78, 5) is 1.28. The van der Waals surface area contributed by atoms with Crippen molar-refractivity contribution in [3.63, 3.8) is 0 Å². The summed E-state index contributed by atoms with van der Waals surface area (Å²) in [5.74, 6) is 7.38. The molecule has 0 unspecified atom stereocenters. The first kappa shape index (κ1) is 19.8. The van der Waals surface area contributed by atoms with Gasteiger partial charge in [0.15, 0.2) is 0 Å². The van der Waals surface area contributed by atoms with Gasteiger partial charge in [-0.3, -0.25) is 5.82 Å². The van der Waals surface area contributed by atoms with E-state index in [4.69, 9.17) is 0 Å². The lowest BCUT2D eigenvalue weighted by Crippen LogP contribution is -3.00. The molecule has 0 saturated heterocycles. The minimum Gasteiger partial charge on any atom is -0.306 e. The number of hydrogen-bond acceptors (Lipinski definition) is 0. The van der Waals surface area contributed by atoms with Crippen molar-refractivity contribution in [2.45, 2.75) is 0 Å². The van der Waals surface area contributed by atoms with E-state index in [9.17, 15) is 0 Å². The van der Waals surface area contributed by atoms with Crippen LogP contribution in [-0.2, 0) is 0 Å². The van der Waals surface area contributed by atoms with E-state index in [1.54, 1.807) is 0 Å². The van der Waals surface area contributed by atoms with E-state index in [0.717, 1.165) is 5.56 Å². The van der Waals surface area contributed by atoms with Crippen LogP contribution in [0.5, 0.6) is 0 Å². The first-order valence-corrected chi connectivity index (χ1v) is 10.5. The Morgan fingerprint density at radius 3 is 1.37 bits per heavy atom. The Hall–Kier alpha value is -3.54. The van der Waals surface area contributed by atoms with Crippen LogP contribution in [0.3, 0.4) is 0 Å². The Labute approximate surface area is 179 Å². The summed E-state index contributed by atoms with van der Waals surface area (Å²) in [6.07, 6.45) is -1.45. The molecule has 0 amide bonds. The van der Waals surface area contributed by atoms with Crippen molar-refractivity contribution < 1.29 is 4.90 Å². The molecule has 0 atom stereocenters. The van der Waals surface area contributed by atoms with Crippen molar-refractivity contribution in [2.24, 2.45) is 0 Å². The molecule has 146 valence electrons. The monoisotopic (exact) mass is 387 g/mol. The summed E-state index contributed by atoms with van der Waals surface area (Å²) in [6, 6.07) is 40.5. The minimum absolute atomic E-state index is 1.08. The summed E-state index contributed by atoms with van der Waals surface area (Å²) in [5, 5.41) is 0. The smallest absolute Gasteiger partial charge is 0.149 e. The molecule has 0 spiro atoms. The highest BCUT2D eigenvalue weighted by molar-refractivity contribution is 7.16. The van der Waals surface area contributed by atoms with Crippen LogP contribution in [-0.4, -0.2) is 20.2 Å². The van der Waals surface area contributed by atoms with E-state index in [1.807, 2.05) is 0 Å². The van der Waals surface area contributed by atoms with Crippen LogP contribution in [0.15, 0.2) is 115 Å². The van der Waals surface area contributed by atoms with Gasteiger partial charge in [-0.1, -0.05) is 103 Å². The van der Waals surface area contributed by atoms with Gasteiger partial charge in [-0.2, -0.15) is 16.4 Å². The number of quaternary nitrogens is 1. The maximum absolute atomic E-state index is 3.79. The van der Waals surface area contributed by atoms with Crippen LogP contribution < -0.4 is 21.3 Å². The molecule has 0 heterocycles. The molecule has 4 aromatic carbocycles. The molecule has 1 nitrogen and oxygen atoms in total. The highest BCUT2D eigenvalue weighted by Crippen LogP contribution is 2.11. The second-order valence-electron chi connectivity index (χ2n) is 7.91. The van der Waals surface area contributed by atoms with E-state index in [2.05, 4.69) is 141 Å². The third-order valence-electron chi connectivity index (χ3n) is 5.79. The zero-order chi connectivity index (χ0) is 20.8. The fourth-order valence-electron chi connectivity index (χ4n) is 4.27. The first-order valence-electron chi connectivity index (χ1n) is 10.5. The number of hydrogen-bond donors (Lipinski definition) is 1. The number of para-hydroxylation sites is 1. The van der Waals surface area contributed by atoms with E-state index in [-0.39, 0.29) is 0 Å². The third-order valence-corrected chi connectivity index (χ3v) is 5.79. The molecule has 0 aromatic heterocycles. The van der Waals surface area contributed by atoms with Crippen LogP contribution in [0.2, 0.25) is 0 Å². The second kappa shape index (κ2) is 8.86. The van der Waals surface area contributed by atoms with Gasteiger partial charge in [0.25, 0.3) is 0 Å². The lowest BCUT2D eigenvalue weighted by Gasteiger charge is -2.38. The minimum atomic E-state index is -1.45. The molecule has 0 aliphatic carbocycles. The maximum atomic E-state index is 3.79. The van der Waals surface area contributed by atoms with Gasteiger partial charge >= 0.3 is 0 Å². The molecule has 30 heavy (non-hydrogen) atoms. The number of rotatable bonds is 4. The molecular formula is C28H26BN. The number of nitrogens with one attached hydrogen (secondary N) is 1. The molecule has 4 aromatic rings. The molecular weight excluding hydrogens is 361 g/mol. The summed E-state index contributed by atoms with van der Waals surface area (Å²) >= 11 is 0. The van der Waals surface area contributed by atoms with E-state index < -0.39 is 6.15 Å². The Morgan fingerprint density at radius 1 is 0.533 bits per heavy atom. The largest absolute Gasteiger partial charge is 0.306 e. The first-order chi connectivity index (χ1) is 14.7. The Bertz CT molecular complexity index is 1060. The second-order valence-corrected chi connectivity index (χ2v) is 7.91. The Kier molecular flexibility index (Phi) is 5.84. The summed E-state index contributed by atoms with van der Waals surface area (Å²) in [5.41, 5.74) is 5.99. The molecule has 1 N–H and O–H groups in total. The maximum Gasteiger partial charge on any atom is 0.149 e. The highest BCUT2D eigenvalue weighted by Gasteiger charge is 2.27.